The fourth-order valence-electron chi connectivity index (χ4n) is 3.78. The van der Waals surface area contributed by atoms with Gasteiger partial charge in [0.2, 0.25) is 0 Å². The number of likely N-dealkylation sites (tertiary alicyclic amines) is 1. The topological polar surface area (TPSA) is 51.0 Å². The van der Waals surface area contributed by atoms with Crippen LogP contribution < -0.4 is 0 Å². The van der Waals surface area contributed by atoms with Gasteiger partial charge in [-0.25, -0.2) is 4.98 Å². The summed E-state index contributed by atoms with van der Waals surface area (Å²) in [4.78, 5) is 23.3. The summed E-state index contributed by atoms with van der Waals surface area (Å²) < 4.78 is 2.39. The van der Waals surface area contributed by atoms with Crippen molar-refractivity contribution in [3.63, 3.8) is 0 Å². The second kappa shape index (κ2) is 6.38. The van der Waals surface area contributed by atoms with Gasteiger partial charge in [0.05, 0.1) is 0 Å². The van der Waals surface area contributed by atoms with Gasteiger partial charge in [-0.2, -0.15) is 0 Å². The molecule has 1 atom stereocenters. The Labute approximate surface area is 142 Å². The van der Waals surface area contributed by atoms with Crippen molar-refractivity contribution in [3.8, 4) is 0 Å². The van der Waals surface area contributed by atoms with Crippen molar-refractivity contribution in [3.05, 3.63) is 47.8 Å². The average molecular weight is 324 g/mol. The molecule has 5 heteroatoms. The third-order valence-corrected chi connectivity index (χ3v) is 5.45. The van der Waals surface area contributed by atoms with Crippen molar-refractivity contribution < 1.29 is 4.79 Å². The molecule has 2 fully saturated rings. The van der Waals surface area contributed by atoms with Crippen molar-refractivity contribution in [1.82, 2.24) is 19.4 Å². The quantitative estimate of drug-likeness (QED) is 0.868. The molecule has 1 amide bonds. The Kier molecular flexibility index (Phi) is 4.08. The van der Waals surface area contributed by atoms with E-state index in [1.165, 1.54) is 30.8 Å². The molecule has 1 aliphatic carbocycles. The first kappa shape index (κ1) is 15.4. The minimum Gasteiger partial charge on any atom is -0.337 e. The number of aryl methyl sites for hydroxylation is 1. The van der Waals surface area contributed by atoms with Crippen molar-refractivity contribution >= 4 is 5.91 Å². The zero-order valence-corrected chi connectivity index (χ0v) is 14.2. The molecule has 0 bridgehead atoms. The van der Waals surface area contributed by atoms with E-state index in [1.54, 1.807) is 12.3 Å². The van der Waals surface area contributed by atoms with E-state index in [0.29, 0.717) is 17.5 Å². The average Bonchev–Trinajstić information content (AvgIpc) is 3.16. The van der Waals surface area contributed by atoms with Gasteiger partial charge in [-0.3, -0.25) is 9.78 Å². The van der Waals surface area contributed by atoms with E-state index in [9.17, 15) is 4.79 Å². The highest BCUT2D eigenvalue weighted by atomic mass is 16.2. The summed E-state index contributed by atoms with van der Waals surface area (Å²) in [6.45, 7) is 4.76. The van der Waals surface area contributed by atoms with E-state index in [2.05, 4.69) is 21.5 Å². The molecule has 0 radical (unpaired) electrons. The summed E-state index contributed by atoms with van der Waals surface area (Å²) in [7, 11) is 0. The van der Waals surface area contributed by atoms with Gasteiger partial charge in [0.15, 0.2) is 0 Å². The Morgan fingerprint density at radius 3 is 2.83 bits per heavy atom. The molecule has 2 aromatic heterocycles. The van der Waals surface area contributed by atoms with E-state index >= 15 is 0 Å². The minimum atomic E-state index is 0.0552. The number of aromatic nitrogens is 3. The lowest BCUT2D eigenvalue weighted by molar-refractivity contribution is 0.0780. The number of amides is 1. The van der Waals surface area contributed by atoms with E-state index in [-0.39, 0.29) is 5.91 Å². The Bertz CT molecular complexity index is 720. The molecule has 1 unspecified atom stereocenters. The molecule has 1 saturated carbocycles. The third-order valence-electron chi connectivity index (χ3n) is 5.45. The monoisotopic (exact) mass is 324 g/mol. The smallest absolute Gasteiger partial charge is 0.272 e. The maximum atomic E-state index is 12.5. The summed E-state index contributed by atoms with van der Waals surface area (Å²) >= 11 is 0. The molecule has 0 N–H and O–H groups in total. The first-order valence-electron chi connectivity index (χ1n) is 8.94. The van der Waals surface area contributed by atoms with Gasteiger partial charge in [0, 0.05) is 43.6 Å². The molecule has 0 spiro atoms. The maximum Gasteiger partial charge on any atom is 0.272 e. The van der Waals surface area contributed by atoms with E-state index in [1.807, 2.05) is 23.2 Å². The number of imidazole rings is 1. The van der Waals surface area contributed by atoms with Crippen LogP contribution in [0.25, 0.3) is 0 Å². The molecule has 1 aliphatic heterocycles. The zero-order chi connectivity index (χ0) is 16.5. The van der Waals surface area contributed by atoms with Gasteiger partial charge in [-0.15, -0.1) is 0 Å². The van der Waals surface area contributed by atoms with Crippen molar-refractivity contribution in [2.24, 2.45) is 5.92 Å². The molecule has 2 aromatic rings. The molecule has 24 heavy (non-hydrogen) atoms. The van der Waals surface area contributed by atoms with Gasteiger partial charge in [0.1, 0.15) is 11.5 Å². The van der Waals surface area contributed by atoms with Crippen LogP contribution >= 0.6 is 0 Å². The van der Waals surface area contributed by atoms with Gasteiger partial charge in [0.25, 0.3) is 5.91 Å². The fourth-order valence-corrected chi connectivity index (χ4v) is 3.78. The van der Waals surface area contributed by atoms with Crippen LogP contribution in [0.5, 0.6) is 0 Å². The second-order valence-corrected chi connectivity index (χ2v) is 7.12. The number of rotatable bonds is 4. The van der Waals surface area contributed by atoms with Gasteiger partial charge in [-0.05, 0) is 44.2 Å². The Hall–Kier alpha value is -2.17. The van der Waals surface area contributed by atoms with Crippen LogP contribution in [-0.2, 0) is 6.54 Å². The predicted molar refractivity (Wildman–Crippen MR) is 91.8 cm³/mol. The highest BCUT2D eigenvalue weighted by Gasteiger charge is 2.30. The third kappa shape index (κ3) is 2.83. The van der Waals surface area contributed by atoms with Gasteiger partial charge < -0.3 is 9.47 Å². The van der Waals surface area contributed by atoms with Gasteiger partial charge in [-0.1, -0.05) is 12.5 Å². The molecule has 126 valence electrons. The molecular formula is C19H24N4O. The Balaban J connectivity index is 1.43. The molecule has 5 nitrogen and oxygen atoms in total. The van der Waals surface area contributed by atoms with E-state index in [4.69, 9.17) is 0 Å². The first-order chi connectivity index (χ1) is 11.7. The SMILES string of the molecule is Cc1cnc(C2CCC2)n1CC1CCN(C(=O)c2ccccn2)C1. The maximum absolute atomic E-state index is 12.5. The standard InChI is InChI=1S/C19H24N4O/c1-14-11-21-18(16-5-4-6-16)23(14)13-15-8-10-22(12-15)19(24)17-7-2-3-9-20-17/h2-3,7,9,11,15-16H,4-6,8,10,12-13H2,1H3. The first-order valence-corrected chi connectivity index (χ1v) is 8.94. The van der Waals surface area contributed by atoms with Crippen LogP contribution in [0.2, 0.25) is 0 Å². The van der Waals surface area contributed by atoms with E-state index < -0.39 is 0 Å². The molecular weight excluding hydrogens is 300 g/mol. The van der Waals surface area contributed by atoms with Crippen molar-refractivity contribution in [2.75, 3.05) is 13.1 Å². The predicted octanol–water partition coefficient (Wildman–Crippen LogP) is 3.02. The fraction of sp³-hybridized carbons (Fsp3) is 0.526. The highest BCUT2D eigenvalue weighted by molar-refractivity contribution is 5.92. The lowest BCUT2D eigenvalue weighted by Crippen LogP contribution is -2.30. The molecule has 2 aliphatic rings. The largest absolute Gasteiger partial charge is 0.337 e. The van der Waals surface area contributed by atoms with Crippen LogP contribution in [0.3, 0.4) is 0 Å². The van der Waals surface area contributed by atoms with Crippen LogP contribution in [0.4, 0.5) is 0 Å². The van der Waals surface area contributed by atoms with E-state index in [0.717, 1.165) is 26.1 Å². The highest BCUT2D eigenvalue weighted by Crippen LogP contribution is 2.36. The summed E-state index contributed by atoms with van der Waals surface area (Å²) in [5.41, 5.74) is 1.79. The summed E-state index contributed by atoms with van der Waals surface area (Å²) in [5, 5.41) is 0. The zero-order valence-electron chi connectivity index (χ0n) is 14.2. The number of nitrogens with zero attached hydrogens (tertiary/aromatic N) is 4. The van der Waals surface area contributed by atoms with Crippen LogP contribution in [0.15, 0.2) is 30.6 Å². The summed E-state index contributed by atoms with van der Waals surface area (Å²) in [6.07, 6.45) is 8.60. The number of carbonyl (C=O) groups is 1. The number of hydrogen-bond acceptors (Lipinski definition) is 3. The molecule has 3 heterocycles. The summed E-state index contributed by atoms with van der Waals surface area (Å²) in [5.74, 6) is 2.46. The van der Waals surface area contributed by atoms with Crippen molar-refractivity contribution in [2.45, 2.75) is 45.1 Å². The lowest BCUT2D eigenvalue weighted by Gasteiger charge is -2.27. The molecule has 1 saturated heterocycles. The van der Waals surface area contributed by atoms with Crippen LogP contribution in [-0.4, -0.2) is 38.4 Å². The Morgan fingerprint density at radius 1 is 1.25 bits per heavy atom. The lowest BCUT2D eigenvalue weighted by atomic mass is 9.84. The number of hydrogen-bond donors (Lipinski definition) is 0. The van der Waals surface area contributed by atoms with Crippen LogP contribution in [0, 0.1) is 12.8 Å². The van der Waals surface area contributed by atoms with Crippen LogP contribution in [0.1, 0.15) is 53.6 Å². The number of carbonyl (C=O) groups excluding carboxylic acids is 1. The normalized spacial score (nSPS) is 21.0. The summed E-state index contributed by atoms with van der Waals surface area (Å²) in [6, 6.07) is 5.51. The molecule has 0 aromatic carbocycles. The minimum absolute atomic E-state index is 0.0552. The van der Waals surface area contributed by atoms with Crippen molar-refractivity contribution in [1.29, 1.82) is 0 Å². The Morgan fingerprint density at radius 2 is 2.12 bits per heavy atom. The van der Waals surface area contributed by atoms with Gasteiger partial charge >= 0.3 is 0 Å². The number of pyridine rings is 1. The molecule has 4 rings (SSSR count). The second-order valence-electron chi connectivity index (χ2n) is 7.12.